The lowest BCUT2D eigenvalue weighted by Gasteiger charge is -2.34. The molecule has 1 aromatic rings. The van der Waals surface area contributed by atoms with Crippen LogP contribution in [0.3, 0.4) is 0 Å². The highest BCUT2D eigenvalue weighted by Gasteiger charge is 2.21. The minimum absolute atomic E-state index is 0.00586. The molecule has 8 heteroatoms. The summed E-state index contributed by atoms with van der Waals surface area (Å²) in [6.07, 6.45) is 3.75. The molecule has 1 aromatic heterocycles. The first-order valence-electron chi connectivity index (χ1n) is 7.60. The van der Waals surface area contributed by atoms with E-state index in [0.717, 1.165) is 25.5 Å². The molecule has 124 valence electrons. The first kappa shape index (κ1) is 16.7. The number of aryl methyl sites for hydroxylation is 1. The normalized spacial score (nSPS) is 16.0. The van der Waals surface area contributed by atoms with Crippen molar-refractivity contribution in [1.29, 1.82) is 0 Å². The van der Waals surface area contributed by atoms with Gasteiger partial charge < -0.3 is 24.6 Å². The Kier molecular flexibility index (Phi) is 6.63. The second-order valence-electron chi connectivity index (χ2n) is 5.29. The Morgan fingerprint density at radius 3 is 2.77 bits per heavy atom. The molecule has 0 aliphatic carbocycles. The van der Waals surface area contributed by atoms with E-state index in [9.17, 15) is 4.79 Å². The van der Waals surface area contributed by atoms with Crippen LogP contribution in [-0.2, 0) is 18.3 Å². The second kappa shape index (κ2) is 8.72. The zero-order chi connectivity index (χ0) is 15.8. The van der Waals surface area contributed by atoms with E-state index >= 15 is 0 Å². The van der Waals surface area contributed by atoms with Crippen molar-refractivity contribution < 1.29 is 14.6 Å². The van der Waals surface area contributed by atoms with E-state index in [0.29, 0.717) is 32.8 Å². The average Bonchev–Trinajstić information content (AvgIpc) is 2.93. The number of urea groups is 1. The number of carbonyl (C=O) groups is 1. The number of amides is 2. The molecular weight excluding hydrogens is 286 g/mol. The van der Waals surface area contributed by atoms with Gasteiger partial charge in [-0.15, -0.1) is 0 Å². The minimum atomic E-state index is -0.0516. The van der Waals surface area contributed by atoms with Crippen LogP contribution in [0.2, 0.25) is 0 Å². The third-order valence-electron chi connectivity index (χ3n) is 3.70. The number of ether oxygens (including phenoxy) is 1. The molecule has 1 fully saturated rings. The van der Waals surface area contributed by atoms with Crippen molar-refractivity contribution in [3.05, 3.63) is 18.2 Å². The molecule has 8 nitrogen and oxygen atoms in total. The van der Waals surface area contributed by atoms with Crippen LogP contribution in [0.5, 0.6) is 0 Å². The van der Waals surface area contributed by atoms with Crippen LogP contribution >= 0.6 is 0 Å². The molecule has 22 heavy (non-hydrogen) atoms. The van der Waals surface area contributed by atoms with Gasteiger partial charge in [0.25, 0.3) is 0 Å². The number of aliphatic hydroxyl groups is 1. The summed E-state index contributed by atoms with van der Waals surface area (Å²) in [6, 6.07) is -0.0516. The van der Waals surface area contributed by atoms with Crippen LogP contribution in [0.1, 0.15) is 5.82 Å². The molecule has 0 aromatic carbocycles. The number of hydrogen-bond acceptors (Lipinski definition) is 5. The lowest BCUT2D eigenvalue weighted by atomic mass is 10.3. The highest BCUT2D eigenvalue weighted by molar-refractivity contribution is 5.74. The molecule has 2 N–H and O–H groups in total. The topological polar surface area (TPSA) is 82.9 Å². The molecule has 1 saturated heterocycles. The number of carbonyl (C=O) groups excluding carboxylic acids is 1. The van der Waals surface area contributed by atoms with Gasteiger partial charge in [-0.2, -0.15) is 0 Å². The summed E-state index contributed by atoms with van der Waals surface area (Å²) < 4.78 is 7.13. The van der Waals surface area contributed by atoms with Gasteiger partial charge >= 0.3 is 6.03 Å². The highest BCUT2D eigenvalue weighted by atomic mass is 16.5. The molecule has 1 aliphatic rings. The maximum atomic E-state index is 12.0. The molecule has 0 unspecified atom stereocenters. The molecule has 0 bridgehead atoms. The fourth-order valence-corrected chi connectivity index (χ4v) is 2.37. The average molecular weight is 311 g/mol. The first-order valence-corrected chi connectivity index (χ1v) is 7.60. The van der Waals surface area contributed by atoms with Gasteiger partial charge in [0.05, 0.1) is 26.4 Å². The maximum Gasteiger partial charge on any atom is 0.317 e. The molecule has 2 rings (SSSR count). The van der Waals surface area contributed by atoms with Crippen LogP contribution in [0.15, 0.2) is 12.4 Å². The summed E-state index contributed by atoms with van der Waals surface area (Å²) in [6.45, 7) is 5.14. The maximum absolute atomic E-state index is 12.0. The number of rotatable bonds is 7. The lowest BCUT2D eigenvalue weighted by molar-refractivity contribution is 0.0919. The van der Waals surface area contributed by atoms with E-state index in [4.69, 9.17) is 9.84 Å². The summed E-state index contributed by atoms with van der Waals surface area (Å²) in [5, 5.41) is 11.4. The van der Waals surface area contributed by atoms with Crippen molar-refractivity contribution in [1.82, 2.24) is 24.7 Å². The van der Waals surface area contributed by atoms with E-state index in [2.05, 4.69) is 15.2 Å². The van der Waals surface area contributed by atoms with Gasteiger partial charge in [0.2, 0.25) is 0 Å². The Morgan fingerprint density at radius 1 is 1.36 bits per heavy atom. The van der Waals surface area contributed by atoms with E-state index in [1.165, 1.54) is 0 Å². The number of nitrogens with zero attached hydrogens (tertiary/aromatic N) is 4. The fourth-order valence-electron chi connectivity index (χ4n) is 2.37. The van der Waals surface area contributed by atoms with Crippen LogP contribution < -0.4 is 5.32 Å². The summed E-state index contributed by atoms with van der Waals surface area (Å²) in [7, 11) is 1.99. The van der Waals surface area contributed by atoms with Gasteiger partial charge in [-0.25, -0.2) is 9.78 Å². The molecular formula is C14H25N5O3. The van der Waals surface area contributed by atoms with E-state index in [1.54, 1.807) is 6.20 Å². The third-order valence-corrected chi connectivity index (χ3v) is 3.70. The summed E-state index contributed by atoms with van der Waals surface area (Å²) >= 11 is 0. The first-order chi connectivity index (χ1) is 10.7. The predicted octanol–water partition coefficient (Wildman–Crippen LogP) is -0.744. The number of nitrogens with one attached hydrogen (secondary N) is 1. The number of hydrogen-bond donors (Lipinski definition) is 2. The van der Waals surface area contributed by atoms with Crippen LogP contribution in [0.25, 0.3) is 0 Å². The number of piperazine rings is 1. The van der Waals surface area contributed by atoms with E-state index in [-0.39, 0.29) is 12.6 Å². The molecule has 1 aliphatic heterocycles. The lowest BCUT2D eigenvalue weighted by Crippen LogP contribution is -2.52. The Bertz CT molecular complexity index is 457. The number of aliphatic hydroxyl groups excluding tert-OH is 1. The predicted molar refractivity (Wildman–Crippen MR) is 81.4 cm³/mol. The van der Waals surface area contributed by atoms with Crippen molar-refractivity contribution in [3.8, 4) is 0 Å². The zero-order valence-electron chi connectivity index (χ0n) is 13.1. The molecule has 2 amide bonds. The van der Waals surface area contributed by atoms with Gasteiger partial charge in [-0.3, -0.25) is 4.90 Å². The molecule has 0 spiro atoms. The zero-order valence-corrected chi connectivity index (χ0v) is 13.1. The Hall–Kier alpha value is -1.64. The number of imidazole rings is 1. The van der Waals surface area contributed by atoms with Crippen LogP contribution in [-0.4, -0.2) is 83.0 Å². The second-order valence-corrected chi connectivity index (χ2v) is 5.29. The molecule has 2 heterocycles. The Balaban J connectivity index is 1.64. The molecule has 0 atom stereocenters. The van der Waals surface area contributed by atoms with Crippen molar-refractivity contribution in [3.63, 3.8) is 0 Å². The Morgan fingerprint density at radius 2 is 2.14 bits per heavy atom. The smallest absolute Gasteiger partial charge is 0.317 e. The third kappa shape index (κ3) is 4.97. The molecule has 0 saturated carbocycles. The van der Waals surface area contributed by atoms with Crippen molar-refractivity contribution in [2.75, 3.05) is 52.5 Å². The van der Waals surface area contributed by atoms with Gasteiger partial charge in [-0.05, 0) is 0 Å². The summed E-state index contributed by atoms with van der Waals surface area (Å²) in [5.41, 5.74) is 0. The van der Waals surface area contributed by atoms with Crippen molar-refractivity contribution in [2.45, 2.75) is 6.54 Å². The van der Waals surface area contributed by atoms with Gasteiger partial charge in [-0.1, -0.05) is 0 Å². The summed E-state index contributed by atoms with van der Waals surface area (Å²) in [5.74, 6) is 1.04. The van der Waals surface area contributed by atoms with Gasteiger partial charge in [0, 0.05) is 52.2 Å². The Labute approximate surface area is 130 Å². The van der Waals surface area contributed by atoms with E-state index < -0.39 is 0 Å². The van der Waals surface area contributed by atoms with Crippen molar-refractivity contribution >= 4 is 6.03 Å². The highest BCUT2D eigenvalue weighted by Crippen LogP contribution is 2.06. The van der Waals surface area contributed by atoms with Crippen molar-refractivity contribution in [2.24, 2.45) is 7.05 Å². The van der Waals surface area contributed by atoms with Gasteiger partial charge in [0.1, 0.15) is 5.82 Å². The minimum Gasteiger partial charge on any atom is -0.394 e. The van der Waals surface area contributed by atoms with Crippen LogP contribution in [0, 0.1) is 0 Å². The number of aromatic nitrogens is 2. The SMILES string of the molecule is Cn1ccnc1CN1CCN(C(=O)NCCOCCO)CC1. The van der Waals surface area contributed by atoms with E-state index in [1.807, 2.05) is 22.7 Å². The fraction of sp³-hybridized carbons (Fsp3) is 0.714. The summed E-state index contributed by atoms with van der Waals surface area (Å²) in [4.78, 5) is 20.4. The monoisotopic (exact) mass is 311 g/mol. The largest absolute Gasteiger partial charge is 0.394 e. The quantitative estimate of drug-likeness (QED) is 0.648. The van der Waals surface area contributed by atoms with Gasteiger partial charge in [0.15, 0.2) is 0 Å². The van der Waals surface area contributed by atoms with Crippen LogP contribution in [0.4, 0.5) is 4.79 Å². The standard InChI is InChI=1S/C14H25N5O3/c1-17-4-2-15-13(17)12-18-5-7-19(8-6-18)14(21)16-3-10-22-11-9-20/h2,4,20H,3,5-12H2,1H3,(H,16,21). The molecule has 0 radical (unpaired) electrons.